The third-order valence-electron chi connectivity index (χ3n) is 14.9. The molecule has 0 rings (SSSR count). The van der Waals surface area contributed by atoms with Crippen LogP contribution < -0.4 is 0 Å². The van der Waals surface area contributed by atoms with Crippen LogP contribution in [-0.2, 0) is 28.6 Å². The van der Waals surface area contributed by atoms with Gasteiger partial charge in [0, 0.05) is 19.3 Å². The van der Waals surface area contributed by atoms with Crippen molar-refractivity contribution in [2.24, 2.45) is 0 Å². The molecule has 0 aliphatic rings. The van der Waals surface area contributed by atoms with Gasteiger partial charge < -0.3 is 14.2 Å². The number of carbonyl (C=O) groups excluding carboxylic acids is 3. The van der Waals surface area contributed by atoms with Gasteiger partial charge in [-0.2, -0.15) is 0 Å². The van der Waals surface area contributed by atoms with Crippen LogP contribution in [0.1, 0.15) is 335 Å². The molecule has 0 aliphatic carbocycles. The maximum Gasteiger partial charge on any atom is 0.306 e. The predicted octanol–water partition coefficient (Wildman–Crippen LogP) is 23.6. The molecule has 0 aromatic heterocycles. The summed E-state index contributed by atoms with van der Waals surface area (Å²) in [5, 5.41) is 0. The zero-order valence-corrected chi connectivity index (χ0v) is 52.8. The van der Waals surface area contributed by atoms with Gasteiger partial charge in [0.15, 0.2) is 6.10 Å². The Labute approximate surface area is 496 Å². The number of rotatable bonds is 62. The lowest BCUT2D eigenvalue weighted by atomic mass is 10.0. The molecule has 6 nitrogen and oxygen atoms in total. The standard InChI is InChI=1S/C74H128O6/c1-4-7-10-13-16-19-22-25-28-29-30-31-32-33-34-35-36-37-38-39-40-41-42-43-44-45-47-49-52-55-58-61-64-67-73(76)79-70-71(69-78-72(75)66-63-60-57-54-51-48-27-24-21-18-15-12-9-6-3)80-74(77)68-65-62-59-56-53-50-46-26-23-20-17-14-11-8-5-2/h7,10,16,19,25,28,30-31,33-34,36-37,39-40,42-43,71H,4-6,8-9,11-15,17-18,20-24,26-27,29,32,35,38,41,44-70H2,1-3H3/b10-7-,19-16-,28-25-,31-30-,34-33-,37-36-,40-39-,43-42-. The average Bonchev–Trinajstić information content (AvgIpc) is 3.46. The maximum atomic E-state index is 12.9. The molecule has 0 radical (unpaired) electrons. The minimum absolute atomic E-state index is 0.0741. The minimum atomic E-state index is -0.778. The van der Waals surface area contributed by atoms with Gasteiger partial charge in [-0.3, -0.25) is 14.4 Å². The van der Waals surface area contributed by atoms with E-state index in [9.17, 15) is 14.4 Å². The quantitative estimate of drug-likeness (QED) is 0.0261. The van der Waals surface area contributed by atoms with Gasteiger partial charge in [-0.1, -0.05) is 330 Å². The Kier molecular flexibility index (Phi) is 64.7. The van der Waals surface area contributed by atoms with Crippen molar-refractivity contribution in [3.05, 3.63) is 97.2 Å². The molecule has 80 heavy (non-hydrogen) atoms. The van der Waals surface area contributed by atoms with Gasteiger partial charge in [0.2, 0.25) is 0 Å². The van der Waals surface area contributed by atoms with E-state index in [1.807, 2.05) is 0 Å². The molecule has 460 valence electrons. The van der Waals surface area contributed by atoms with Gasteiger partial charge in [-0.05, 0) is 83.5 Å². The average molecular weight is 1110 g/mol. The van der Waals surface area contributed by atoms with E-state index in [0.29, 0.717) is 19.3 Å². The topological polar surface area (TPSA) is 78.9 Å². The molecular formula is C74H128O6. The van der Waals surface area contributed by atoms with Crippen LogP contribution in [0.5, 0.6) is 0 Å². The smallest absolute Gasteiger partial charge is 0.306 e. The number of allylic oxidation sites excluding steroid dienone is 16. The van der Waals surface area contributed by atoms with E-state index in [-0.39, 0.29) is 31.1 Å². The van der Waals surface area contributed by atoms with Crippen molar-refractivity contribution in [2.45, 2.75) is 341 Å². The van der Waals surface area contributed by atoms with E-state index in [2.05, 4.69) is 118 Å². The van der Waals surface area contributed by atoms with Crippen molar-refractivity contribution in [1.82, 2.24) is 0 Å². The van der Waals surface area contributed by atoms with E-state index in [1.54, 1.807) is 0 Å². The monoisotopic (exact) mass is 1110 g/mol. The van der Waals surface area contributed by atoms with Crippen LogP contribution in [0.4, 0.5) is 0 Å². The molecule has 0 saturated carbocycles. The first-order valence-electron chi connectivity index (χ1n) is 34.2. The van der Waals surface area contributed by atoms with Gasteiger partial charge in [0.25, 0.3) is 0 Å². The summed E-state index contributed by atoms with van der Waals surface area (Å²) in [5.74, 6) is -0.865. The Bertz CT molecular complexity index is 1560. The molecule has 6 heteroatoms. The molecule has 0 amide bonds. The fourth-order valence-corrected chi connectivity index (χ4v) is 9.76. The van der Waals surface area contributed by atoms with Crippen LogP contribution in [0.2, 0.25) is 0 Å². The SMILES string of the molecule is CC/C=C\C/C=C\C/C=C\C/C=C\C/C=C\C/C=C\C/C=C\C/C=C\CCCCCCCCCCC(=O)OCC(COC(=O)CCCCCCCCCCCCCCCC)OC(=O)CCCCCCCCCCCCCCCCC. The highest BCUT2D eigenvalue weighted by Crippen LogP contribution is 2.17. The second-order valence-electron chi connectivity index (χ2n) is 22.7. The minimum Gasteiger partial charge on any atom is -0.462 e. The highest BCUT2D eigenvalue weighted by molar-refractivity contribution is 5.71. The third-order valence-corrected chi connectivity index (χ3v) is 14.9. The first-order valence-corrected chi connectivity index (χ1v) is 34.2. The summed E-state index contributed by atoms with van der Waals surface area (Å²) in [7, 11) is 0. The van der Waals surface area contributed by atoms with Crippen LogP contribution >= 0.6 is 0 Å². The fourth-order valence-electron chi connectivity index (χ4n) is 9.76. The molecule has 0 aliphatic heterocycles. The highest BCUT2D eigenvalue weighted by Gasteiger charge is 2.19. The summed E-state index contributed by atoms with van der Waals surface area (Å²) in [6.45, 7) is 6.56. The van der Waals surface area contributed by atoms with E-state index >= 15 is 0 Å². The van der Waals surface area contributed by atoms with Crippen LogP contribution in [0.25, 0.3) is 0 Å². The van der Waals surface area contributed by atoms with Gasteiger partial charge in [-0.15, -0.1) is 0 Å². The summed E-state index contributed by atoms with van der Waals surface area (Å²) in [5.41, 5.74) is 0. The molecular weight excluding hydrogens is 985 g/mol. The summed E-state index contributed by atoms with van der Waals surface area (Å²) in [6.07, 6.45) is 91.3. The predicted molar refractivity (Wildman–Crippen MR) is 348 cm³/mol. The molecule has 0 saturated heterocycles. The van der Waals surface area contributed by atoms with Crippen LogP contribution in [0, 0.1) is 0 Å². The number of esters is 3. The van der Waals surface area contributed by atoms with Gasteiger partial charge in [0.1, 0.15) is 13.2 Å². The number of hydrogen-bond donors (Lipinski definition) is 0. The Balaban J connectivity index is 4.25. The Morgan fingerprint density at radius 3 is 0.762 bits per heavy atom. The number of carbonyl (C=O) groups is 3. The van der Waals surface area contributed by atoms with Crippen LogP contribution in [0.3, 0.4) is 0 Å². The molecule has 0 fully saturated rings. The van der Waals surface area contributed by atoms with Crippen molar-refractivity contribution in [1.29, 1.82) is 0 Å². The number of ether oxygens (including phenoxy) is 3. The van der Waals surface area contributed by atoms with E-state index < -0.39 is 6.10 Å². The second kappa shape index (κ2) is 67.8. The van der Waals surface area contributed by atoms with Crippen molar-refractivity contribution in [2.75, 3.05) is 13.2 Å². The van der Waals surface area contributed by atoms with Crippen molar-refractivity contribution in [3.8, 4) is 0 Å². The lowest BCUT2D eigenvalue weighted by Gasteiger charge is -2.18. The van der Waals surface area contributed by atoms with Crippen molar-refractivity contribution >= 4 is 17.9 Å². The zero-order chi connectivity index (χ0) is 57.8. The third kappa shape index (κ3) is 65.1. The molecule has 1 unspecified atom stereocenters. The fraction of sp³-hybridized carbons (Fsp3) is 0.743. The first-order chi connectivity index (χ1) is 39.5. The summed E-state index contributed by atoms with van der Waals surface area (Å²) in [6, 6.07) is 0. The van der Waals surface area contributed by atoms with Gasteiger partial charge in [-0.25, -0.2) is 0 Å². The van der Waals surface area contributed by atoms with Crippen molar-refractivity contribution < 1.29 is 28.6 Å². The second-order valence-corrected chi connectivity index (χ2v) is 22.7. The summed E-state index contributed by atoms with van der Waals surface area (Å²) < 4.78 is 16.9. The van der Waals surface area contributed by atoms with E-state index in [0.717, 1.165) is 116 Å². The summed E-state index contributed by atoms with van der Waals surface area (Å²) in [4.78, 5) is 38.3. The Hall–Kier alpha value is -3.67. The van der Waals surface area contributed by atoms with Crippen LogP contribution in [-0.4, -0.2) is 37.2 Å². The van der Waals surface area contributed by atoms with E-state index in [4.69, 9.17) is 14.2 Å². The highest BCUT2D eigenvalue weighted by atomic mass is 16.6. The maximum absolute atomic E-state index is 12.9. The molecule has 1 atom stereocenters. The molecule has 0 aromatic rings. The lowest BCUT2D eigenvalue weighted by molar-refractivity contribution is -0.167. The van der Waals surface area contributed by atoms with E-state index in [1.165, 1.54) is 180 Å². The number of hydrogen-bond acceptors (Lipinski definition) is 6. The Morgan fingerprint density at radius 2 is 0.487 bits per heavy atom. The normalized spacial score (nSPS) is 12.7. The van der Waals surface area contributed by atoms with Crippen LogP contribution in [0.15, 0.2) is 97.2 Å². The largest absolute Gasteiger partial charge is 0.462 e. The molecule has 0 N–H and O–H groups in total. The van der Waals surface area contributed by atoms with Crippen molar-refractivity contribution in [3.63, 3.8) is 0 Å². The Morgan fingerprint density at radius 1 is 0.263 bits per heavy atom. The first kappa shape index (κ1) is 76.3. The lowest BCUT2D eigenvalue weighted by Crippen LogP contribution is -2.30. The molecule has 0 bridgehead atoms. The molecule has 0 aromatic carbocycles. The zero-order valence-electron chi connectivity index (χ0n) is 52.8. The summed E-state index contributed by atoms with van der Waals surface area (Å²) >= 11 is 0. The van der Waals surface area contributed by atoms with Gasteiger partial charge >= 0.3 is 17.9 Å². The molecule has 0 spiro atoms. The molecule has 0 heterocycles. The van der Waals surface area contributed by atoms with Gasteiger partial charge in [0.05, 0.1) is 0 Å². The number of unbranched alkanes of at least 4 members (excludes halogenated alkanes) is 35.